The SMILES string of the molecule is CCCCCCCCCCCCCCCCCC(=O)OC1COC(C)(C)O1. The quantitative estimate of drug-likeness (QED) is 0.202. The van der Waals surface area contributed by atoms with Gasteiger partial charge in [0.15, 0.2) is 5.79 Å². The van der Waals surface area contributed by atoms with E-state index in [1.165, 1.54) is 83.5 Å². The zero-order valence-electron chi connectivity index (χ0n) is 18.2. The molecule has 0 N–H and O–H groups in total. The molecular weight excluding hydrogens is 340 g/mol. The van der Waals surface area contributed by atoms with Crippen molar-refractivity contribution in [3.8, 4) is 0 Å². The molecule has 0 radical (unpaired) electrons. The van der Waals surface area contributed by atoms with E-state index in [1.54, 1.807) is 0 Å². The normalized spacial score (nSPS) is 18.7. The summed E-state index contributed by atoms with van der Waals surface area (Å²) in [5, 5.41) is 0. The van der Waals surface area contributed by atoms with Crippen LogP contribution >= 0.6 is 0 Å². The molecule has 1 aliphatic rings. The van der Waals surface area contributed by atoms with Gasteiger partial charge in [0.25, 0.3) is 0 Å². The average molecular weight is 385 g/mol. The molecule has 0 aromatic rings. The van der Waals surface area contributed by atoms with Gasteiger partial charge < -0.3 is 14.2 Å². The maximum absolute atomic E-state index is 11.8. The van der Waals surface area contributed by atoms with Crippen LogP contribution in [-0.4, -0.2) is 24.7 Å². The summed E-state index contributed by atoms with van der Waals surface area (Å²) >= 11 is 0. The second-order valence-electron chi connectivity index (χ2n) is 8.45. The van der Waals surface area contributed by atoms with Crippen molar-refractivity contribution in [1.82, 2.24) is 0 Å². The van der Waals surface area contributed by atoms with Crippen LogP contribution in [0.15, 0.2) is 0 Å². The molecule has 0 bridgehead atoms. The van der Waals surface area contributed by atoms with Gasteiger partial charge in [0.05, 0.1) is 0 Å². The van der Waals surface area contributed by atoms with Crippen LogP contribution in [0.5, 0.6) is 0 Å². The molecule has 160 valence electrons. The van der Waals surface area contributed by atoms with Crippen LogP contribution in [0.1, 0.15) is 124 Å². The van der Waals surface area contributed by atoms with Gasteiger partial charge in [0.1, 0.15) is 6.61 Å². The zero-order valence-corrected chi connectivity index (χ0v) is 18.2. The number of carbonyl (C=O) groups excluding carboxylic acids is 1. The van der Waals surface area contributed by atoms with Gasteiger partial charge in [-0.25, -0.2) is 0 Å². The Hall–Kier alpha value is -0.610. The average Bonchev–Trinajstić information content (AvgIpc) is 2.96. The molecule has 0 aliphatic carbocycles. The molecule has 1 unspecified atom stereocenters. The first-order chi connectivity index (χ1) is 13.0. The Labute approximate surface area is 167 Å². The fourth-order valence-corrected chi connectivity index (χ4v) is 3.56. The summed E-state index contributed by atoms with van der Waals surface area (Å²) in [6.45, 7) is 6.26. The van der Waals surface area contributed by atoms with Crippen molar-refractivity contribution in [2.24, 2.45) is 0 Å². The molecular formula is C23H44O4. The summed E-state index contributed by atoms with van der Waals surface area (Å²) in [6, 6.07) is 0. The molecule has 0 saturated carbocycles. The van der Waals surface area contributed by atoms with Crippen molar-refractivity contribution in [1.29, 1.82) is 0 Å². The standard InChI is InChI=1S/C23H44O4/c1-4-5-6-7-8-9-10-11-12-13-14-15-16-17-18-19-21(24)26-22-20-25-23(2,3)27-22/h22H,4-20H2,1-3H3. The van der Waals surface area contributed by atoms with Gasteiger partial charge >= 0.3 is 5.97 Å². The number of ether oxygens (including phenoxy) is 3. The Balaban J connectivity index is 1.77. The van der Waals surface area contributed by atoms with Crippen molar-refractivity contribution in [3.05, 3.63) is 0 Å². The van der Waals surface area contributed by atoms with Gasteiger partial charge in [-0.05, 0) is 20.3 Å². The second-order valence-corrected chi connectivity index (χ2v) is 8.45. The van der Waals surface area contributed by atoms with Gasteiger partial charge in [0.2, 0.25) is 6.29 Å². The van der Waals surface area contributed by atoms with Crippen LogP contribution < -0.4 is 0 Å². The first kappa shape index (κ1) is 24.4. The van der Waals surface area contributed by atoms with Gasteiger partial charge in [0, 0.05) is 6.42 Å². The molecule has 1 fully saturated rings. The minimum atomic E-state index is -0.639. The minimum Gasteiger partial charge on any atom is -0.433 e. The number of carbonyl (C=O) groups is 1. The molecule has 4 nitrogen and oxygen atoms in total. The van der Waals surface area contributed by atoms with Gasteiger partial charge in [-0.3, -0.25) is 4.79 Å². The smallest absolute Gasteiger partial charge is 0.308 e. The Morgan fingerprint density at radius 3 is 1.67 bits per heavy atom. The topological polar surface area (TPSA) is 44.8 Å². The molecule has 1 aliphatic heterocycles. The molecule has 0 aromatic carbocycles. The number of rotatable bonds is 17. The van der Waals surface area contributed by atoms with Crippen LogP contribution in [0.3, 0.4) is 0 Å². The first-order valence-electron chi connectivity index (χ1n) is 11.5. The van der Waals surface area contributed by atoms with E-state index in [0.29, 0.717) is 13.0 Å². The van der Waals surface area contributed by atoms with Crippen LogP contribution in [0.25, 0.3) is 0 Å². The zero-order chi connectivity index (χ0) is 19.8. The van der Waals surface area contributed by atoms with Gasteiger partial charge in [-0.2, -0.15) is 0 Å². The largest absolute Gasteiger partial charge is 0.433 e. The van der Waals surface area contributed by atoms with Crippen LogP contribution in [-0.2, 0) is 19.0 Å². The molecule has 1 rings (SSSR count). The Morgan fingerprint density at radius 1 is 0.815 bits per heavy atom. The van der Waals surface area contributed by atoms with Gasteiger partial charge in [-0.1, -0.05) is 96.8 Å². The van der Waals surface area contributed by atoms with Crippen molar-refractivity contribution >= 4 is 5.97 Å². The minimum absolute atomic E-state index is 0.170. The summed E-state index contributed by atoms with van der Waals surface area (Å²) in [7, 11) is 0. The van der Waals surface area contributed by atoms with E-state index >= 15 is 0 Å². The van der Waals surface area contributed by atoms with E-state index < -0.39 is 12.1 Å². The highest BCUT2D eigenvalue weighted by atomic mass is 16.8. The lowest BCUT2D eigenvalue weighted by atomic mass is 10.0. The van der Waals surface area contributed by atoms with Crippen molar-refractivity contribution in [2.45, 2.75) is 136 Å². The predicted octanol–water partition coefficient (Wildman–Crippen LogP) is 6.90. The maximum Gasteiger partial charge on any atom is 0.308 e. The Bertz CT molecular complexity index is 367. The van der Waals surface area contributed by atoms with Crippen LogP contribution in [0.4, 0.5) is 0 Å². The third-order valence-electron chi connectivity index (χ3n) is 5.23. The number of hydrogen-bond acceptors (Lipinski definition) is 4. The lowest BCUT2D eigenvalue weighted by Crippen LogP contribution is -2.24. The molecule has 4 heteroatoms. The number of esters is 1. The Kier molecular flexibility index (Phi) is 13.9. The third kappa shape index (κ3) is 14.1. The van der Waals surface area contributed by atoms with Crippen LogP contribution in [0.2, 0.25) is 0 Å². The number of hydrogen-bond donors (Lipinski definition) is 0. The summed E-state index contributed by atoms with van der Waals surface area (Å²) in [6.07, 6.45) is 19.9. The van der Waals surface area contributed by atoms with Crippen molar-refractivity contribution in [2.75, 3.05) is 6.61 Å². The molecule has 1 atom stereocenters. The third-order valence-corrected chi connectivity index (χ3v) is 5.23. The summed E-state index contributed by atoms with van der Waals surface area (Å²) in [5.74, 6) is -0.810. The lowest BCUT2D eigenvalue weighted by Gasteiger charge is -2.16. The lowest BCUT2D eigenvalue weighted by molar-refractivity contribution is -0.197. The highest BCUT2D eigenvalue weighted by molar-refractivity contribution is 5.69. The summed E-state index contributed by atoms with van der Waals surface area (Å²) < 4.78 is 16.1. The van der Waals surface area contributed by atoms with E-state index in [2.05, 4.69) is 6.92 Å². The van der Waals surface area contributed by atoms with Gasteiger partial charge in [-0.15, -0.1) is 0 Å². The van der Waals surface area contributed by atoms with Crippen molar-refractivity contribution in [3.63, 3.8) is 0 Å². The van der Waals surface area contributed by atoms with E-state index in [0.717, 1.165) is 12.8 Å². The van der Waals surface area contributed by atoms with E-state index in [4.69, 9.17) is 14.2 Å². The monoisotopic (exact) mass is 384 g/mol. The predicted molar refractivity (Wildman–Crippen MR) is 111 cm³/mol. The molecule has 27 heavy (non-hydrogen) atoms. The van der Waals surface area contributed by atoms with E-state index in [-0.39, 0.29) is 5.97 Å². The molecule has 1 heterocycles. The van der Waals surface area contributed by atoms with Crippen molar-refractivity contribution < 1.29 is 19.0 Å². The van der Waals surface area contributed by atoms with Crippen LogP contribution in [0, 0.1) is 0 Å². The fraction of sp³-hybridized carbons (Fsp3) is 0.957. The summed E-state index contributed by atoms with van der Waals surface area (Å²) in [4.78, 5) is 11.8. The fourth-order valence-electron chi connectivity index (χ4n) is 3.56. The van der Waals surface area contributed by atoms with E-state index in [1.807, 2.05) is 13.8 Å². The second kappa shape index (κ2) is 15.3. The van der Waals surface area contributed by atoms with E-state index in [9.17, 15) is 4.79 Å². The number of unbranched alkanes of at least 4 members (excludes halogenated alkanes) is 14. The molecule has 1 saturated heterocycles. The highest BCUT2D eigenvalue weighted by Gasteiger charge is 2.34. The highest BCUT2D eigenvalue weighted by Crippen LogP contribution is 2.23. The molecule has 0 aromatic heterocycles. The summed E-state index contributed by atoms with van der Waals surface area (Å²) in [5.41, 5.74) is 0. The first-order valence-corrected chi connectivity index (χ1v) is 11.5. The maximum atomic E-state index is 11.8. The Morgan fingerprint density at radius 2 is 1.26 bits per heavy atom. The molecule has 0 spiro atoms. The molecule has 0 amide bonds.